The monoisotopic (exact) mass is 548 g/mol. The van der Waals surface area contributed by atoms with Crippen LogP contribution in [0.4, 0.5) is 0 Å². The Balaban J connectivity index is 0.000000543. The van der Waals surface area contributed by atoms with Gasteiger partial charge in [0, 0.05) is 40.8 Å². The molecule has 2 atom stereocenters. The second-order valence-electron chi connectivity index (χ2n) is 8.04. The smallest absolute Gasteiger partial charge is 0 e. The van der Waals surface area contributed by atoms with Gasteiger partial charge in [0.1, 0.15) is 0 Å². The van der Waals surface area contributed by atoms with Crippen LogP contribution in [0.2, 0.25) is 39.3 Å². The molecule has 0 fully saturated rings. The molecule has 26 heavy (non-hydrogen) atoms. The Kier molecular flexibility index (Phi) is 14.7. The molecule has 0 N–H and O–H groups in total. The number of rotatable bonds is 7. The Hall–Kier alpha value is 1.04. The number of benzene rings is 2. The summed E-state index contributed by atoms with van der Waals surface area (Å²) in [6.07, 6.45) is 2.63. The molecule has 2 aromatic rings. The van der Waals surface area contributed by atoms with Crippen molar-refractivity contribution in [2.24, 2.45) is 0 Å². The van der Waals surface area contributed by atoms with Crippen molar-refractivity contribution in [2.45, 2.75) is 39.3 Å². The summed E-state index contributed by atoms with van der Waals surface area (Å²) >= 11 is 0. The van der Waals surface area contributed by atoms with Gasteiger partial charge in [-0.15, -0.1) is 0 Å². The molecule has 0 heterocycles. The first-order valence-electron chi connectivity index (χ1n) is 8.98. The third-order valence-electron chi connectivity index (χ3n) is 3.00. The summed E-state index contributed by atoms with van der Waals surface area (Å²) in [4.78, 5) is 0. The van der Waals surface area contributed by atoms with Crippen LogP contribution < -0.4 is 10.6 Å². The standard InChI is InChI=1S/C14H16P2.C6H18NSi2.Nd/c1-3-7-13(8-4-1)15-11-12-16-14-9-5-2-6-10-14;1-8(2,3)7-9(4,5)6;/h1-10,15-16H,11-12H2;1-6H3;/q;-1;. The van der Waals surface area contributed by atoms with E-state index in [-0.39, 0.29) is 40.8 Å². The molecule has 0 aromatic heterocycles. The first kappa shape index (κ1) is 27.0. The van der Waals surface area contributed by atoms with Crippen molar-refractivity contribution >= 4 is 44.2 Å². The van der Waals surface area contributed by atoms with E-state index in [4.69, 9.17) is 4.65 Å². The van der Waals surface area contributed by atoms with E-state index in [2.05, 4.69) is 99.9 Å². The van der Waals surface area contributed by atoms with Crippen molar-refractivity contribution in [3.05, 3.63) is 65.3 Å². The summed E-state index contributed by atoms with van der Waals surface area (Å²) < 4.78 is 4.82. The zero-order valence-corrected chi connectivity index (χ0v) is 24.3. The Labute approximate surface area is 200 Å². The third-order valence-corrected chi connectivity index (χ3v) is 11.4. The average molecular weight is 551 g/mol. The van der Waals surface area contributed by atoms with E-state index in [9.17, 15) is 0 Å². The normalized spacial score (nSPS) is 12.1. The summed E-state index contributed by atoms with van der Waals surface area (Å²) in [6, 6.07) is 21.6. The van der Waals surface area contributed by atoms with E-state index in [1.54, 1.807) is 0 Å². The van der Waals surface area contributed by atoms with Crippen LogP contribution in [-0.2, 0) is 0 Å². The van der Waals surface area contributed by atoms with Gasteiger partial charge in [-0.1, -0.05) is 134 Å². The fraction of sp³-hybridized carbons (Fsp3) is 0.400. The van der Waals surface area contributed by atoms with Crippen molar-refractivity contribution < 1.29 is 40.8 Å². The number of nitrogens with zero attached hydrogens (tertiary/aromatic N) is 1. The summed E-state index contributed by atoms with van der Waals surface area (Å²) in [5.41, 5.74) is 0. The summed E-state index contributed by atoms with van der Waals surface area (Å²) in [6.45, 7) is 13.8. The molecule has 0 spiro atoms. The van der Waals surface area contributed by atoms with Crippen molar-refractivity contribution in [3.63, 3.8) is 0 Å². The molecule has 2 rings (SSSR count). The fourth-order valence-corrected chi connectivity index (χ4v) is 13.0. The van der Waals surface area contributed by atoms with Gasteiger partial charge >= 0.3 is 0 Å². The van der Waals surface area contributed by atoms with Gasteiger partial charge in [-0.3, -0.25) is 0 Å². The zero-order chi connectivity index (χ0) is 18.8. The van der Waals surface area contributed by atoms with Gasteiger partial charge in [-0.2, -0.15) is 0 Å². The van der Waals surface area contributed by atoms with Gasteiger partial charge in [0.25, 0.3) is 0 Å². The largest absolute Gasteiger partial charge is 0.668 e. The molecule has 0 bridgehead atoms. The maximum atomic E-state index is 4.82. The third kappa shape index (κ3) is 16.0. The number of hydrogen-bond donors (Lipinski definition) is 0. The predicted octanol–water partition coefficient (Wildman–Crippen LogP) is 6.02. The van der Waals surface area contributed by atoms with E-state index in [1.165, 1.54) is 22.9 Å². The molecule has 6 heteroatoms. The van der Waals surface area contributed by atoms with Crippen molar-refractivity contribution in [3.8, 4) is 0 Å². The minimum Gasteiger partial charge on any atom is -0.668 e. The second-order valence-corrected chi connectivity index (χ2v) is 20.5. The molecule has 0 aliphatic carbocycles. The van der Waals surface area contributed by atoms with Crippen LogP contribution in [0.3, 0.4) is 0 Å². The van der Waals surface area contributed by atoms with Crippen LogP contribution in [-0.4, -0.2) is 28.8 Å². The van der Waals surface area contributed by atoms with Crippen LogP contribution in [0.1, 0.15) is 0 Å². The molecule has 0 radical (unpaired) electrons. The molecule has 0 aliphatic heterocycles. The van der Waals surface area contributed by atoms with Gasteiger partial charge in [0.15, 0.2) is 0 Å². The molecule has 2 aromatic carbocycles. The van der Waals surface area contributed by atoms with Gasteiger partial charge in [-0.05, 0) is 22.9 Å². The van der Waals surface area contributed by atoms with Crippen molar-refractivity contribution in [2.75, 3.05) is 12.3 Å². The van der Waals surface area contributed by atoms with Crippen LogP contribution in [0.5, 0.6) is 0 Å². The molecule has 0 saturated carbocycles. The molecule has 2 unspecified atom stereocenters. The van der Waals surface area contributed by atoms with Crippen LogP contribution >= 0.6 is 17.2 Å². The minimum atomic E-state index is -1.11. The van der Waals surface area contributed by atoms with Crippen molar-refractivity contribution in [1.82, 2.24) is 0 Å². The topological polar surface area (TPSA) is 14.1 Å². The van der Waals surface area contributed by atoms with Gasteiger partial charge in [-0.25, -0.2) is 0 Å². The van der Waals surface area contributed by atoms with E-state index >= 15 is 0 Å². The van der Waals surface area contributed by atoms with Crippen LogP contribution in [0, 0.1) is 40.8 Å². The maximum Gasteiger partial charge on any atom is 0 e. The van der Waals surface area contributed by atoms with Gasteiger partial charge in [0.05, 0.1) is 0 Å². The molecule has 0 aliphatic rings. The molecule has 1 nitrogen and oxygen atoms in total. The van der Waals surface area contributed by atoms with Gasteiger partial charge in [0.2, 0.25) is 0 Å². The zero-order valence-electron chi connectivity index (χ0n) is 17.1. The van der Waals surface area contributed by atoms with Gasteiger partial charge < -0.3 is 4.65 Å². The maximum absolute atomic E-state index is 4.82. The Bertz CT molecular complexity index is 531. The van der Waals surface area contributed by atoms with Crippen LogP contribution in [0.15, 0.2) is 60.7 Å². The molecule has 0 saturated heterocycles. The van der Waals surface area contributed by atoms with E-state index < -0.39 is 16.5 Å². The Morgan fingerprint density at radius 1 is 0.615 bits per heavy atom. The predicted molar refractivity (Wildman–Crippen MR) is 129 cm³/mol. The van der Waals surface area contributed by atoms with Crippen molar-refractivity contribution in [1.29, 1.82) is 0 Å². The summed E-state index contributed by atoms with van der Waals surface area (Å²) in [7, 11) is -0.286. The first-order chi connectivity index (χ1) is 11.7. The second kappa shape index (κ2) is 14.1. The molecule has 0 amide bonds. The first-order valence-corrected chi connectivity index (χ1v) is 18.3. The minimum absolute atomic E-state index is 0. The Morgan fingerprint density at radius 3 is 1.15 bits per heavy atom. The van der Waals surface area contributed by atoms with E-state index in [0.717, 1.165) is 17.2 Å². The summed E-state index contributed by atoms with van der Waals surface area (Å²) in [5.74, 6) is 0. The fourth-order valence-electron chi connectivity index (χ4n) is 2.53. The molecular formula is C20H34NNdP2Si2-. The molecule has 142 valence electrons. The quantitative estimate of drug-likeness (QED) is 0.227. The van der Waals surface area contributed by atoms with E-state index in [1.807, 2.05) is 0 Å². The molecular weight excluding hydrogens is 517 g/mol. The SMILES string of the molecule is C[Si](C)(C)[N-][Si](C)(C)C.[Nd].c1ccc(PCCPc2ccccc2)cc1. The van der Waals surface area contributed by atoms with Crippen LogP contribution in [0.25, 0.3) is 4.65 Å². The average Bonchev–Trinajstić information content (AvgIpc) is 2.51. The summed E-state index contributed by atoms with van der Waals surface area (Å²) in [5, 5.41) is 2.97. The Morgan fingerprint density at radius 2 is 0.923 bits per heavy atom. The number of hydrogen-bond acceptors (Lipinski definition) is 0. The van der Waals surface area contributed by atoms with E-state index in [0.29, 0.717) is 0 Å².